The van der Waals surface area contributed by atoms with Crippen LogP contribution in [-0.4, -0.2) is 53.8 Å². The van der Waals surface area contributed by atoms with Gasteiger partial charge in [0.05, 0.1) is 31.1 Å². The van der Waals surface area contributed by atoms with Gasteiger partial charge in [-0.05, 0) is 103 Å². The summed E-state index contributed by atoms with van der Waals surface area (Å²) in [5, 5.41) is 22.9. The number of phenolic OH excluding ortho intramolecular Hbond substituents is 1. The van der Waals surface area contributed by atoms with Crippen molar-refractivity contribution >= 4 is 36.3 Å². The van der Waals surface area contributed by atoms with Crippen LogP contribution in [0, 0.1) is 31.6 Å². The van der Waals surface area contributed by atoms with Crippen LogP contribution in [0.25, 0.3) is 6.08 Å². The van der Waals surface area contributed by atoms with Gasteiger partial charge in [-0.15, -0.1) is 11.3 Å². The minimum atomic E-state index is -0.994. The Morgan fingerprint density at radius 3 is 2.62 bits per heavy atom. The minimum Gasteiger partial charge on any atom is -0.507 e. The summed E-state index contributed by atoms with van der Waals surface area (Å²) in [6.07, 6.45) is 4.87. The Labute approximate surface area is 240 Å². The molecule has 1 aromatic carbocycles. The van der Waals surface area contributed by atoms with Crippen molar-refractivity contribution in [3.63, 3.8) is 0 Å². The van der Waals surface area contributed by atoms with Crippen LogP contribution in [0.2, 0.25) is 6.32 Å². The van der Waals surface area contributed by atoms with E-state index in [1.165, 1.54) is 21.8 Å². The number of amides is 2. The molecule has 1 aliphatic carbocycles. The number of hydrogen-bond acceptors (Lipinski definition) is 7. The predicted octanol–water partition coefficient (Wildman–Crippen LogP) is 5.29. The maximum atomic E-state index is 13.7. The molecule has 0 saturated carbocycles. The van der Waals surface area contributed by atoms with Gasteiger partial charge in [0.2, 0.25) is 11.8 Å². The predicted molar refractivity (Wildman–Crippen MR) is 157 cm³/mol. The summed E-state index contributed by atoms with van der Waals surface area (Å²) in [5.41, 5.74) is 6.04. The van der Waals surface area contributed by atoms with E-state index in [1.54, 1.807) is 7.11 Å². The molecule has 1 aromatic heterocycles. The molecule has 2 aliphatic heterocycles. The number of carbonyl (C=O) groups excluding carboxylic acids is 2. The van der Waals surface area contributed by atoms with E-state index in [0.717, 1.165) is 45.6 Å². The summed E-state index contributed by atoms with van der Waals surface area (Å²) in [6.45, 7) is 6.60. The summed E-state index contributed by atoms with van der Waals surface area (Å²) in [4.78, 5) is 29.6. The molecule has 2 fully saturated rings. The second-order valence-corrected chi connectivity index (χ2v) is 12.3. The lowest BCUT2D eigenvalue weighted by Gasteiger charge is -2.43. The standard InChI is InChI=1S/C31H38BNO6S/c1-5-20(13-21-11-18(2)29(34)19(3)12-21)8-9-26-27-22(17-38-4)14-24-28(25(27)15-32(37)39-26)31(36)33(30(24)35)16-23-7-6-10-40-23/h6-7,10-13,24-26,28,34,37H,5,8-9,14-17H2,1-4H3/b20-13+/t24-,25+,26-,28-/m1/s1. The van der Waals surface area contributed by atoms with Crippen molar-refractivity contribution in [1.82, 2.24) is 4.90 Å². The quantitative estimate of drug-likeness (QED) is 0.245. The van der Waals surface area contributed by atoms with Gasteiger partial charge in [-0.2, -0.15) is 0 Å². The molecule has 4 atom stereocenters. The van der Waals surface area contributed by atoms with Gasteiger partial charge < -0.3 is 19.5 Å². The highest BCUT2D eigenvalue weighted by atomic mass is 32.1. The number of aryl methyl sites for hydroxylation is 2. The smallest absolute Gasteiger partial charge is 0.455 e. The highest BCUT2D eigenvalue weighted by molar-refractivity contribution is 7.09. The third-order valence-corrected chi connectivity index (χ3v) is 9.54. The highest BCUT2D eigenvalue weighted by Gasteiger charge is 2.57. The Morgan fingerprint density at radius 2 is 1.98 bits per heavy atom. The van der Waals surface area contributed by atoms with E-state index < -0.39 is 19.0 Å². The molecule has 212 valence electrons. The molecule has 9 heteroatoms. The van der Waals surface area contributed by atoms with Crippen molar-refractivity contribution < 1.29 is 29.1 Å². The second kappa shape index (κ2) is 12.0. The van der Waals surface area contributed by atoms with Crippen LogP contribution < -0.4 is 0 Å². The number of thiophene rings is 1. The first-order valence-corrected chi connectivity index (χ1v) is 15.0. The van der Waals surface area contributed by atoms with Gasteiger partial charge in [0.25, 0.3) is 0 Å². The first-order chi connectivity index (χ1) is 19.2. The van der Waals surface area contributed by atoms with Gasteiger partial charge in [-0.25, -0.2) is 0 Å². The number of imide groups is 1. The van der Waals surface area contributed by atoms with Crippen LogP contribution in [0.4, 0.5) is 0 Å². The zero-order valence-electron chi connectivity index (χ0n) is 23.7. The van der Waals surface area contributed by atoms with Crippen LogP contribution in [0.3, 0.4) is 0 Å². The maximum Gasteiger partial charge on any atom is 0.455 e. The molecule has 2 amide bonds. The van der Waals surface area contributed by atoms with Gasteiger partial charge in [-0.1, -0.05) is 24.6 Å². The van der Waals surface area contributed by atoms with Crippen molar-refractivity contribution in [3.8, 4) is 5.75 Å². The number of methoxy groups -OCH3 is 1. The molecule has 3 heterocycles. The fourth-order valence-corrected chi connectivity index (χ4v) is 7.52. The Balaban J connectivity index is 1.41. The summed E-state index contributed by atoms with van der Waals surface area (Å²) in [5.74, 6) is -1.09. The first kappa shape index (κ1) is 28.8. The fourth-order valence-electron chi connectivity index (χ4n) is 6.83. The molecule has 2 saturated heterocycles. The van der Waals surface area contributed by atoms with E-state index in [2.05, 4.69) is 13.0 Å². The molecule has 2 aromatic rings. The Morgan fingerprint density at radius 1 is 1.23 bits per heavy atom. The molecule has 0 bridgehead atoms. The summed E-state index contributed by atoms with van der Waals surface area (Å²) >= 11 is 1.54. The van der Waals surface area contributed by atoms with Crippen molar-refractivity contribution in [2.24, 2.45) is 17.8 Å². The normalized spacial score (nSPS) is 25.1. The van der Waals surface area contributed by atoms with Crippen LogP contribution in [-0.2, 0) is 25.5 Å². The number of likely N-dealkylation sites (tertiary alicyclic amines) is 1. The number of rotatable bonds is 9. The van der Waals surface area contributed by atoms with Gasteiger partial charge >= 0.3 is 7.12 Å². The largest absolute Gasteiger partial charge is 0.507 e. The molecular formula is C31H38BNO6S. The molecular weight excluding hydrogens is 525 g/mol. The average Bonchev–Trinajstić information content (AvgIpc) is 3.52. The minimum absolute atomic E-state index is 0.121. The van der Waals surface area contributed by atoms with Gasteiger partial charge in [0.1, 0.15) is 5.75 Å². The fraction of sp³-hybridized carbons (Fsp3) is 0.484. The monoisotopic (exact) mass is 563 g/mol. The second-order valence-electron chi connectivity index (χ2n) is 11.3. The van der Waals surface area contributed by atoms with E-state index in [4.69, 9.17) is 9.39 Å². The lowest BCUT2D eigenvalue weighted by Crippen LogP contribution is -2.46. The molecule has 40 heavy (non-hydrogen) atoms. The Bertz CT molecular complexity index is 1310. The molecule has 3 aliphatic rings. The summed E-state index contributed by atoms with van der Waals surface area (Å²) in [6, 6.07) is 7.85. The van der Waals surface area contributed by atoms with Crippen LogP contribution in [0.1, 0.15) is 54.2 Å². The number of benzene rings is 1. The zero-order valence-corrected chi connectivity index (χ0v) is 24.5. The van der Waals surface area contributed by atoms with Crippen LogP contribution in [0.15, 0.2) is 46.4 Å². The number of hydrogen-bond donors (Lipinski definition) is 2. The number of fused-ring (bicyclic) bond motifs is 3. The first-order valence-electron chi connectivity index (χ1n) is 14.1. The number of phenols is 1. The topological polar surface area (TPSA) is 96.3 Å². The van der Waals surface area contributed by atoms with Crippen molar-refractivity contribution in [2.75, 3.05) is 13.7 Å². The number of aromatic hydroxyl groups is 1. The molecule has 0 spiro atoms. The van der Waals surface area contributed by atoms with Crippen molar-refractivity contribution in [3.05, 3.63) is 67.9 Å². The number of ether oxygens (including phenoxy) is 1. The van der Waals surface area contributed by atoms with E-state index >= 15 is 0 Å². The lowest BCUT2D eigenvalue weighted by atomic mass is 9.58. The number of carbonyl (C=O) groups is 2. The van der Waals surface area contributed by atoms with Gasteiger partial charge in [0.15, 0.2) is 0 Å². The van der Waals surface area contributed by atoms with E-state index in [-0.39, 0.29) is 23.8 Å². The van der Waals surface area contributed by atoms with E-state index in [1.807, 2.05) is 43.5 Å². The van der Waals surface area contributed by atoms with Crippen molar-refractivity contribution in [2.45, 2.75) is 65.4 Å². The summed E-state index contributed by atoms with van der Waals surface area (Å²) < 4.78 is 11.7. The van der Waals surface area contributed by atoms with Gasteiger partial charge in [0, 0.05) is 12.0 Å². The van der Waals surface area contributed by atoms with E-state index in [9.17, 15) is 19.7 Å². The van der Waals surface area contributed by atoms with Gasteiger partial charge in [-0.3, -0.25) is 14.5 Å². The third-order valence-electron chi connectivity index (χ3n) is 8.68. The zero-order chi connectivity index (χ0) is 28.6. The molecule has 2 N–H and O–H groups in total. The Hall–Kier alpha value is -2.72. The highest BCUT2D eigenvalue weighted by Crippen LogP contribution is 2.51. The molecule has 5 rings (SSSR count). The van der Waals surface area contributed by atoms with Crippen LogP contribution >= 0.6 is 11.3 Å². The van der Waals surface area contributed by atoms with Crippen molar-refractivity contribution in [1.29, 1.82) is 0 Å². The average molecular weight is 564 g/mol. The maximum absolute atomic E-state index is 13.7. The van der Waals surface area contributed by atoms with Crippen LogP contribution in [0.5, 0.6) is 5.75 Å². The number of allylic oxidation sites excluding steroid dienone is 1. The Kier molecular flexibility index (Phi) is 8.66. The lowest BCUT2D eigenvalue weighted by molar-refractivity contribution is -0.140. The molecule has 0 radical (unpaired) electrons. The number of nitrogens with zero attached hydrogens (tertiary/aromatic N) is 1. The summed E-state index contributed by atoms with van der Waals surface area (Å²) in [7, 11) is 0.652. The third kappa shape index (κ3) is 5.57. The van der Waals surface area contributed by atoms with E-state index in [0.29, 0.717) is 38.1 Å². The SMILES string of the molecule is CC/C(=C\c1cc(C)c(O)c(C)c1)CC[C@H]1OB(O)C[C@H]2C1=C(COC)C[C@H]1C(=O)N(Cc3cccs3)C(=O)[C@H]12. The molecule has 0 unspecified atom stereocenters. The molecule has 7 nitrogen and oxygen atoms in total.